The van der Waals surface area contributed by atoms with Gasteiger partial charge in [-0.15, -0.1) is 0 Å². The molecule has 0 radical (unpaired) electrons. The van der Waals surface area contributed by atoms with E-state index in [1.807, 2.05) is 4.90 Å². The summed E-state index contributed by atoms with van der Waals surface area (Å²) in [4.78, 5) is 14.0. The summed E-state index contributed by atoms with van der Waals surface area (Å²) < 4.78 is 5.14. The highest BCUT2D eigenvalue weighted by Gasteiger charge is 2.32. The summed E-state index contributed by atoms with van der Waals surface area (Å²) in [6.45, 7) is 3.46. The summed E-state index contributed by atoms with van der Waals surface area (Å²) >= 11 is 0. The second-order valence-electron chi connectivity index (χ2n) is 4.40. The van der Waals surface area contributed by atoms with Crippen LogP contribution in [0.15, 0.2) is 22.8 Å². The number of nitrogens with two attached hydrogens (primary N) is 1. The maximum atomic E-state index is 12.2. The van der Waals surface area contributed by atoms with Gasteiger partial charge in [0, 0.05) is 19.1 Å². The minimum atomic E-state index is -0.0352. The van der Waals surface area contributed by atoms with Gasteiger partial charge in [0.1, 0.15) is 0 Å². The summed E-state index contributed by atoms with van der Waals surface area (Å²) in [7, 11) is 0. The Morgan fingerprint density at radius 2 is 2.50 bits per heavy atom. The molecule has 0 unspecified atom stereocenters. The van der Waals surface area contributed by atoms with Crippen molar-refractivity contribution in [3.8, 4) is 0 Å². The lowest BCUT2D eigenvalue weighted by Gasteiger charge is -2.38. The van der Waals surface area contributed by atoms with Gasteiger partial charge < -0.3 is 15.1 Å². The Morgan fingerprint density at radius 3 is 3.12 bits per heavy atom. The fraction of sp³-hybridized carbons (Fsp3) is 0.583. The Kier molecular flexibility index (Phi) is 3.29. The number of hydrogen-bond acceptors (Lipinski definition) is 3. The third-order valence-electron chi connectivity index (χ3n) is 3.35. The highest BCUT2D eigenvalue weighted by atomic mass is 16.3. The van der Waals surface area contributed by atoms with E-state index in [0.29, 0.717) is 18.2 Å². The molecule has 2 atom stereocenters. The van der Waals surface area contributed by atoms with Crippen molar-refractivity contribution in [1.82, 2.24) is 4.90 Å². The molecule has 1 saturated heterocycles. The summed E-state index contributed by atoms with van der Waals surface area (Å²) in [5, 5.41) is 0. The lowest BCUT2D eigenvalue weighted by Crippen LogP contribution is -2.51. The SMILES string of the molecule is C[C@@H]1CCCN(C(=O)c2ccco2)[C@H]1CN. The van der Waals surface area contributed by atoms with E-state index >= 15 is 0 Å². The van der Waals surface area contributed by atoms with Gasteiger partial charge in [-0.05, 0) is 30.9 Å². The van der Waals surface area contributed by atoms with Crippen LogP contribution >= 0.6 is 0 Å². The maximum Gasteiger partial charge on any atom is 0.289 e. The lowest BCUT2D eigenvalue weighted by atomic mass is 9.90. The van der Waals surface area contributed by atoms with E-state index in [0.717, 1.165) is 19.4 Å². The first kappa shape index (κ1) is 11.2. The smallest absolute Gasteiger partial charge is 0.289 e. The highest BCUT2D eigenvalue weighted by molar-refractivity contribution is 5.91. The number of piperidine rings is 1. The average molecular weight is 222 g/mol. The van der Waals surface area contributed by atoms with Crippen molar-refractivity contribution in [3.63, 3.8) is 0 Å². The van der Waals surface area contributed by atoms with E-state index in [-0.39, 0.29) is 11.9 Å². The van der Waals surface area contributed by atoms with Crippen LogP contribution in [0.1, 0.15) is 30.3 Å². The van der Waals surface area contributed by atoms with Gasteiger partial charge in [0.2, 0.25) is 0 Å². The molecule has 4 heteroatoms. The minimum absolute atomic E-state index is 0.0352. The zero-order valence-corrected chi connectivity index (χ0v) is 9.56. The quantitative estimate of drug-likeness (QED) is 0.824. The van der Waals surface area contributed by atoms with E-state index in [1.165, 1.54) is 6.26 Å². The zero-order valence-electron chi connectivity index (χ0n) is 9.56. The summed E-state index contributed by atoms with van der Waals surface area (Å²) in [5.74, 6) is 0.845. The van der Waals surface area contributed by atoms with Gasteiger partial charge in [0.05, 0.1) is 6.26 Å². The molecule has 2 rings (SSSR count). The molecule has 2 heterocycles. The first-order valence-electron chi connectivity index (χ1n) is 5.78. The van der Waals surface area contributed by atoms with Gasteiger partial charge in [0.15, 0.2) is 5.76 Å². The van der Waals surface area contributed by atoms with E-state index in [1.54, 1.807) is 12.1 Å². The number of hydrogen-bond donors (Lipinski definition) is 1. The van der Waals surface area contributed by atoms with Crippen LogP contribution in [-0.2, 0) is 0 Å². The molecule has 0 bridgehead atoms. The number of rotatable bonds is 2. The second kappa shape index (κ2) is 4.70. The molecular weight excluding hydrogens is 204 g/mol. The Morgan fingerprint density at radius 1 is 1.69 bits per heavy atom. The Labute approximate surface area is 95.4 Å². The van der Waals surface area contributed by atoms with Crippen LogP contribution in [0.25, 0.3) is 0 Å². The number of carbonyl (C=O) groups excluding carboxylic acids is 1. The van der Waals surface area contributed by atoms with Crippen molar-refractivity contribution < 1.29 is 9.21 Å². The average Bonchev–Trinajstić information content (AvgIpc) is 2.81. The summed E-state index contributed by atoms with van der Waals surface area (Å²) in [5.41, 5.74) is 5.75. The van der Waals surface area contributed by atoms with E-state index < -0.39 is 0 Å². The van der Waals surface area contributed by atoms with Crippen LogP contribution in [0.3, 0.4) is 0 Å². The fourth-order valence-electron chi connectivity index (χ4n) is 2.40. The molecule has 4 nitrogen and oxygen atoms in total. The monoisotopic (exact) mass is 222 g/mol. The number of carbonyl (C=O) groups is 1. The molecule has 0 saturated carbocycles. The number of nitrogens with zero attached hydrogens (tertiary/aromatic N) is 1. The standard InChI is InChI=1S/C12H18N2O2/c1-9-4-2-6-14(10(9)8-13)12(15)11-5-3-7-16-11/h3,5,7,9-10H,2,4,6,8,13H2,1H3/t9-,10+/m1/s1. The van der Waals surface area contributed by atoms with Crippen molar-refractivity contribution in [2.75, 3.05) is 13.1 Å². The van der Waals surface area contributed by atoms with Crippen LogP contribution in [0.5, 0.6) is 0 Å². The Hall–Kier alpha value is -1.29. The van der Waals surface area contributed by atoms with Crippen molar-refractivity contribution in [3.05, 3.63) is 24.2 Å². The van der Waals surface area contributed by atoms with Gasteiger partial charge in [-0.3, -0.25) is 4.79 Å². The largest absolute Gasteiger partial charge is 0.459 e. The van der Waals surface area contributed by atoms with Crippen molar-refractivity contribution in [2.24, 2.45) is 11.7 Å². The zero-order chi connectivity index (χ0) is 11.5. The molecule has 1 fully saturated rings. The predicted octanol–water partition coefficient (Wildman–Crippen LogP) is 1.48. The molecule has 0 spiro atoms. The van der Waals surface area contributed by atoms with Crippen LogP contribution in [-0.4, -0.2) is 29.9 Å². The molecular formula is C12H18N2O2. The third kappa shape index (κ3) is 1.97. The normalized spacial score (nSPS) is 25.8. The number of likely N-dealkylation sites (tertiary alicyclic amines) is 1. The first-order valence-corrected chi connectivity index (χ1v) is 5.78. The second-order valence-corrected chi connectivity index (χ2v) is 4.40. The Bertz CT molecular complexity index is 348. The van der Waals surface area contributed by atoms with Crippen molar-refractivity contribution in [2.45, 2.75) is 25.8 Å². The highest BCUT2D eigenvalue weighted by Crippen LogP contribution is 2.24. The molecule has 1 amide bonds. The van der Waals surface area contributed by atoms with Crippen molar-refractivity contribution in [1.29, 1.82) is 0 Å². The fourth-order valence-corrected chi connectivity index (χ4v) is 2.40. The first-order chi connectivity index (χ1) is 7.74. The van der Waals surface area contributed by atoms with Gasteiger partial charge in [0.25, 0.3) is 5.91 Å². The molecule has 2 N–H and O–H groups in total. The van der Waals surface area contributed by atoms with Crippen LogP contribution in [0.2, 0.25) is 0 Å². The maximum absolute atomic E-state index is 12.2. The third-order valence-corrected chi connectivity index (χ3v) is 3.35. The molecule has 88 valence electrons. The van der Waals surface area contributed by atoms with E-state index in [4.69, 9.17) is 10.2 Å². The number of amides is 1. The lowest BCUT2D eigenvalue weighted by molar-refractivity contribution is 0.0501. The van der Waals surface area contributed by atoms with Gasteiger partial charge in [-0.25, -0.2) is 0 Å². The van der Waals surface area contributed by atoms with Gasteiger partial charge >= 0.3 is 0 Å². The molecule has 0 aliphatic carbocycles. The van der Waals surface area contributed by atoms with Crippen LogP contribution < -0.4 is 5.73 Å². The molecule has 16 heavy (non-hydrogen) atoms. The summed E-state index contributed by atoms with van der Waals surface area (Å²) in [6.07, 6.45) is 3.71. The molecule has 1 aromatic rings. The van der Waals surface area contributed by atoms with Crippen LogP contribution in [0.4, 0.5) is 0 Å². The molecule has 1 aliphatic rings. The van der Waals surface area contributed by atoms with Gasteiger partial charge in [-0.2, -0.15) is 0 Å². The summed E-state index contributed by atoms with van der Waals surface area (Å²) in [6, 6.07) is 3.58. The molecule has 1 aromatic heterocycles. The van der Waals surface area contributed by atoms with E-state index in [9.17, 15) is 4.79 Å². The van der Waals surface area contributed by atoms with Crippen molar-refractivity contribution >= 4 is 5.91 Å². The Balaban J connectivity index is 2.15. The topological polar surface area (TPSA) is 59.5 Å². The molecule has 1 aliphatic heterocycles. The van der Waals surface area contributed by atoms with E-state index in [2.05, 4.69) is 6.92 Å². The minimum Gasteiger partial charge on any atom is -0.459 e. The number of furan rings is 1. The molecule has 0 aromatic carbocycles. The van der Waals surface area contributed by atoms with Gasteiger partial charge in [-0.1, -0.05) is 6.92 Å². The van der Waals surface area contributed by atoms with Crippen LogP contribution in [0, 0.1) is 5.92 Å². The predicted molar refractivity (Wildman–Crippen MR) is 61.0 cm³/mol.